The van der Waals surface area contributed by atoms with Crippen molar-refractivity contribution >= 4 is 23.0 Å². The van der Waals surface area contributed by atoms with Gasteiger partial charge >= 0.3 is 0 Å². The summed E-state index contributed by atoms with van der Waals surface area (Å²) in [5.41, 5.74) is 5.90. The molecule has 5 nitrogen and oxygen atoms in total. The first kappa shape index (κ1) is 21.0. The number of hydrogen-bond acceptors (Lipinski definition) is 3. The zero-order valence-electron chi connectivity index (χ0n) is 18.9. The van der Waals surface area contributed by atoms with Crippen molar-refractivity contribution in [3.8, 4) is 5.75 Å². The number of rotatable bonds is 5. The van der Waals surface area contributed by atoms with Crippen molar-refractivity contribution in [3.05, 3.63) is 77.4 Å². The van der Waals surface area contributed by atoms with Crippen LogP contribution in [-0.2, 0) is 0 Å². The number of methoxy groups -OCH3 is 1. The highest BCUT2D eigenvalue weighted by Crippen LogP contribution is 2.46. The molecule has 1 saturated carbocycles. The Morgan fingerprint density at radius 2 is 1.81 bits per heavy atom. The second kappa shape index (κ2) is 8.58. The summed E-state index contributed by atoms with van der Waals surface area (Å²) < 4.78 is 8.28. The number of anilines is 1. The lowest BCUT2D eigenvalue weighted by Gasteiger charge is -2.29. The van der Waals surface area contributed by atoms with Crippen molar-refractivity contribution in [3.63, 3.8) is 0 Å². The smallest absolute Gasteiger partial charge is 0.174 e. The largest absolute Gasteiger partial charge is 0.495 e. The molecule has 1 saturated heterocycles. The minimum atomic E-state index is -0.0499. The minimum Gasteiger partial charge on any atom is -0.495 e. The zero-order valence-corrected chi connectivity index (χ0v) is 19.7. The van der Waals surface area contributed by atoms with E-state index in [4.69, 9.17) is 21.9 Å². The topological polar surface area (TPSA) is 42.3 Å². The predicted octanol–water partition coefficient (Wildman–Crippen LogP) is 5.80. The molecule has 1 aromatic carbocycles. The Kier molecular flexibility index (Phi) is 5.64. The molecule has 2 aromatic heterocycles. The number of aromatic nitrogens is 2. The van der Waals surface area contributed by atoms with Gasteiger partial charge in [-0.1, -0.05) is 31.0 Å². The van der Waals surface area contributed by atoms with Crippen LogP contribution in [0.25, 0.3) is 0 Å². The number of aryl methyl sites for hydroxylation is 1. The summed E-state index contributed by atoms with van der Waals surface area (Å²) >= 11 is 5.90. The molecule has 5 rings (SSSR count). The second-order valence-electron chi connectivity index (χ2n) is 8.80. The Morgan fingerprint density at radius 3 is 2.53 bits per heavy atom. The predicted molar refractivity (Wildman–Crippen MR) is 132 cm³/mol. The lowest BCUT2D eigenvalue weighted by atomic mass is 9.96. The maximum atomic E-state index is 5.90. The molecule has 0 bridgehead atoms. The fourth-order valence-electron chi connectivity index (χ4n) is 5.59. The van der Waals surface area contributed by atoms with Crippen LogP contribution in [0.4, 0.5) is 5.69 Å². The molecular weight excluding hydrogens is 416 g/mol. The fourth-order valence-corrected chi connectivity index (χ4v) is 5.92. The standard InChI is InChI=1S/C26H30N4OS/c1-17-16-20(18(2)29(17)19-10-4-5-11-19)25-24(21-12-8-9-15-27-21)28-26(32)30(25)22-13-6-7-14-23(22)31-3/h6-9,12-16,19,24-25H,4-5,10-11H2,1-3H3,(H,28,32)/t24-,25-/m0/s1. The third-order valence-corrected chi connectivity index (χ3v) is 7.29. The van der Waals surface area contributed by atoms with Crippen LogP contribution >= 0.6 is 12.2 Å². The Labute approximate surface area is 195 Å². The average molecular weight is 447 g/mol. The fraction of sp³-hybridized carbons (Fsp3) is 0.385. The molecule has 1 aliphatic carbocycles. The van der Waals surface area contributed by atoms with E-state index in [0.717, 1.165) is 17.1 Å². The van der Waals surface area contributed by atoms with Gasteiger partial charge in [-0.3, -0.25) is 4.98 Å². The van der Waals surface area contributed by atoms with Crippen molar-refractivity contribution < 1.29 is 4.74 Å². The van der Waals surface area contributed by atoms with Crippen LogP contribution in [0.2, 0.25) is 0 Å². The maximum Gasteiger partial charge on any atom is 0.174 e. The van der Waals surface area contributed by atoms with Crippen LogP contribution in [0.5, 0.6) is 5.75 Å². The summed E-state index contributed by atoms with van der Waals surface area (Å²) in [6, 6.07) is 17.1. The Bertz CT molecular complexity index is 1120. The number of thiocarbonyl (C=S) groups is 1. The molecule has 1 aliphatic heterocycles. The van der Waals surface area contributed by atoms with E-state index in [-0.39, 0.29) is 12.1 Å². The van der Waals surface area contributed by atoms with E-state index in [2.05, 4.69) is 46.8 Å². The summed E-state index contributed by atoms with van der Waals surface area (Å²) in [6.45, 7) is 4.50. The molecular formula is C26H30N4OS. The van der Waals surface area contributed by atoms with Crippen LogP contribution in [0.1, 0.15) is 66.5 Å². The number of pyridine rings is 1. The number of ether oxygens (including phenoxy) is 1. The summed E-state index contributed by atoms with van der Waals surface area (Å²) in [6.07, 6.45) is 7.00. The zero-order chi connectivity index (χ0) is 22.2. The van der Waals surface area contributed by atoms with E-state index in [1.165, 1.54) is 42.6 Å². The van der Waals surface area contributed by atoms with Crippen molar-refractivity contribution in [2.75, 3.05) is 12.0 Å². The van der Waals surface area contributed by atoms with Gasteiger partial charge in [0.2, 0.25) is 0 Å². The molecule has 0 spiro atoms. The molecule has 2 aliphatic rings. The van der Waals surface area contributed by atoms with Gasteiger partial charge in [0.1, 0.15) is 5.75 Å². The van der Waals surface area contributed by atoms with Crippen LogP contribution in [0.3, 0.4) is 0 Å². The lowest BCUT2D eigenvalue weighted by Crippen LogP contribution is -2.30. The van der Waals surface area contributed by atoms with Gasteiger partial charge in [0.25, 0.3) is 0 Å². The molecule has 0 amide bonds. The van der Waals surface area contributed by atoms with Gasteiger partial charge in [0.05, 0.1) is 30.6 Å². The molecule has 6 heteroatoms. The van der Waals surface area contributed by atoms with E-state index >= 15 is 0 Å². The molecule has 0 unspecified atom stereocenters. The van der Waals surface area contributed by atoms with Crippen molar-refractivity contribution in [1.29, 1.82) is 0 Å². The van der Waals surface area contributed by atoms with Gasteiger partial charge in [-0.25, -0.2) is 0 Å². The minimum absolute atomic E-state index is 0.0185. The van der Waals surface area contributed by atoms with Gasteiger partial charge in [0.15, 0.2) is 5.11 Å². The summed E-state index contributed by atoms with van der Waals surface area (Å²) in [5, 5.41) is 4.27. The van der Waals surface area contributed by atoms with Gasteiger partial charge in [0, 0.05) is 23.6 Å². The highest BCUT2D eigenvalue weighted by atomic mass is 32.1. The Hall–Kier alpha value is -2.86. The molecule has 3 aromatic rings. The van der Waals surface area contributed by atoms with Crippen LogP contribution < -0.4 is 15.0 Å². The van der Waals surface area contributed by atoms with Gasteiger partial charge in [-0.05, 0) is 74.8 Å². The van der Waals surface area contributed by atoms with Crippen molar-refractivity contribution in [1.82, 2.24) is 14.9 Å². The quantitative estimate of drug-likeness (QED) is 0.502. The maximum absolute atomic E-state index is 5.90. The number of nitrogens with one attached hydrogen (secondary N) is 1. The molecule has 3 heterocycles. The van der Waals surface area contributed by atoms with Gasteiger partial charge in [-0.15, -0.1) is 0 Å². The lowest BCUT2D eigenvalue weighted by molar-refractivity contribution is 0.414. The van der Waals surface area contributed by atoms with Gasteiger partial charge in [-0.2, -0.15) is 0 Å². The molecule has 32 heavy (non-hydrogen) atoms. The van der Waals surface area contributed by atoms with E-state index in [1.54, 1.807) is 7.11 Å². The Morgan fingerprint density at radius 1 is 1.06 bits per heavy atom. The van der Waals surface area contributed by atoms with E-state index < -0.39 is 0 Å². The molecule has 2 atom stereocenters. The number of para-hydroxylation sites is 2. The van der Waals surface area contributed by atoms with Gasteiger partial charge < -0.3 is 19.5 Å². The van der Waals surface area contributed by atoms with E-state index in [1.807, 2.05) is 36.5 Å². The molecule has 2 fully saturated rings. The van der Waals surface area contributed by atoms with E-state index in [0.29, 0.717) is 11.2 Å². The second-order valence-corrected chi connectivity index (χ2v) is 9.19. The normalized spacial score (nSPS) is 21.2. The SMILES string of the molecule is COc1ccccc1N1C(=S)N[C@@H](c2ccccn2)[C@@H]1c1cc(C)n(C2CCCC2)c1C. The highest BCUT2D eigenvalue weighted by Gasteiger charge is 2.43. The molecule has 166 valence electrons. The van der Waals surface area contributed by atoms with Crippen LogP contribution in [-0.4, -0.2) is 21.8 Å². The number of hydrogen-bond donors (Lipinski definition) is 1. The summed E-state index contributed by atoms with van der Waals surface area (Å²) in [4.78, 5) is 6.91. The van der Waals surface area contributed by atoms with Crippen LogP contribution in [0.15, 0.2) is 54.7 Å². The summed E-state index contributed by atoms with van der Waals surface area (Å²) in [5.74, 6) is 0.813. The molecule has 1 N–H and O–H groups in total. The van der Waals surface area contributed by atoms with Crippen molar-refractivity contribution in [2.45, 2.75) is 57.7 Å². The molecule has 0 radical (unpaired) electrons. The average Bonchev–Trinajstić information content (AvgIpc) is 3.52. The first-order valence-corrected chi connectivity index (χ1v) is 11.8. The third-order valence-electron chi connectivity index (χ3n) is 6.97. The monoisotopic (exact) mass is 446 g/mol. The highest BCUT2D eigenvalue weighted by molar-refractivity contribution is 7.80. The number of benzene rings is 1. The summed E-state index contributed by atoms with van der Waals surface area (Å²) in [7, 11) is 1.71. The first-order chi connectivity index (χ1) is 15.6. The first-order valence-electron chi connectivity index (χ1n) is 11.4. The van der Waals surface area contributed by atoms with Crippen LogP contribution in [0, 0.1) is 13.8 Å². The van der Waals surface area contributed by atoms with Crippen molar-refractivity contribution in [2.24, 2.45) is 0 Å². The third kappa shape index (κ3) is 3.47. The Balaban J connectivity index is 1.67. The number of nitrogens with zero attached hydrogens (tertiary/aromatic N) is 3. The van der Waals surface area contributed by atoms with E-state index in [9.17, 15) is 0 Å².